The highest BCUT2D eigenvalue weighted by molar-refractivity contribution is 6.18. The van der Waals surface area contributed by atoms with E-state index in [1.807, 2.05) is 0 Å². The Hall–Kier alpha value is -0.280. The number of alkyl halides is 1. The Bertz CT molecular complexity index is 187. The first-order valence-corrected chi connectivity index (χ1v) is 5.87. The van der Waals surface area contributed by atoms with Crippen LogP contribution in [0.3, 0.4) is 0 Å². The van der Waals surface area contributed by atoms with Crippen molar-refractivity contribution in [2.75, 3.05) is 25.5 Å². The fourth-order valence-electron chi connectivity index (χ4n) is 1.85. The Balaban J connectivity index is 2.26. The zero-order valence-electron chi connectivity index (χ0n) is 8.76. The summed E-state index contributed by atoms with van der Waals surface area (Å²) in [6.45, 7) is 5.38. The monoisotopic (exact) mass is 218 g/mol. The number of hydrogen-bond acceptors (Lipinski definition) is 2. The molecule has 0 aromatic rings. The van der Waals surface area contributed by atoms with Gasteiger partial charge in [0.05, 0.1) is 0 Å². The number of hydrogen-bond donors (Lipinski definition) is 1. The number of likely N-dealkylation sites (N-methyl/N-ethyl adjacent to an activating group) is 1. The highest BCUT2D eigenvalue weighted by atomic mass is 35.5. The van der Waals surface area contributed by atoms with E-state index in [2.05, 4.69) is 17.1 Å². The third kappa shape index (κ3) is 3.84. The number of nitrogens with one attached hydrogen (secondary N) is 1. The Morgan fingerprint density at radius 1 is 1.64 bits per heavy atom. The number of nitrogens with zero attached hydrogens (tertiary/aromatic N) is 1. The molecule has 0 spiro atoms. The van der Waals surface area contributed by atoms with Crippen molar-refractivity contribution in [1.29, 1.82) is 0 Å². The summed E-state index contributed by atoms with van der Waals surface area (Å²) in [7, 11) is 0. The lowest BCUT2D eigenvalue weighted by Gasteiger charge is -2.32. The highest BCUT2D eigenvalue weighted by Gasteiger charge is 2.19. The van der Waals surface area contributed by atoms with E-state index in [4.69, 9.17) is 11.6 Å². The lowest BCUT2D eigenvalue weighted by atomic mass is 10.1. The van der Waals surface area contributed by atoms with Gasteiger partial charge in [-0.05, 0) is 25.9 Å². The summed E-state index contributed by atoms with van der Waals surface area (Å²) in [5.74, 6) is 0.499. The molecule has 0 saturated carbocycles. The third-order valence-electron chi connectivity index (χ3n) is 2.64. The summed E-state index contributed by atoms with van der Waals surface area (Å²) in [5, 5.41) is 3.02. The predicted molar refractivity (Wildman–Crippen MR) is 58.6 cm³/mol. The maximum atomic E-state index is 11.3. The van der Waals surface area contributed by atoms with Crippen molar-refractivity contribution in [3.63, 3.8) is 0 Å². The van der Waals surface area contributed by atoms with E-state index in [-0.39, 0.29) is 5.91 Å². The van der Waals surface area contributed by atoms with Crippen LogP contribution in [0.25, 0.3) is 0 Å². The second kappa shape index (κ2) is 6.25. The van der Waals surface area contributed by atoms with Crippen molar-refractivity contribution in [2.45, 2.75) is 32.2 Å². The van der Waals surface area contributed by atoms with Crippen LogP contribution >= 0.6 is 11.6 Å². The summed E-state index contributed by atoms with van der Waals surface area (Å²) >= 11 is 5.50. The molecule has 1 unspecified atom stereocenters. The average molecular weight is 219 g/mol. The summed E-state index contributed by atoms with van der Waals surface area (Å²) in [6.07, 6.45) is 2.72. The molecular formula is C10H19ClN2O. The molecule has 1 atom stereocenters. The summed E-state index contributed by atoms with van der Waals surface area (Å²) < 4.78 is 0. The lowest BCUT2D eigenvalue weighted by Crippen LogP contribution is -2.47. The molecule has 1 aliphatic heterocycles. The number of piperidine rings is 1. The van der Waals surface area contributed by atoms with Crippen LogP contribution in [0.5, 0.6) is 0 Å². The van der Waals surface area contributed by atoms with E-state index in [1.54, 1.807) is 0 Å². The van der Waals surface area contributed by atoms with Gasteiger partial charge in [0.2, 0.25) is 5.91 Å². The Kier molecular flexibility index (Phi) is 5.26. The lowest BCUT2D eigenvalue weighted by molar-refractivity contribution is -0.121. The molecule has 1 fully saturated rings. The van der Waals surface area contributed by atoms with Crippen LogP contribution in [0, 0.1) is 0 Å². The molecule has 1 amide bonds. The van der Waals surface area contributed by atoms with Gasteiger partial charge >= 0.3 is 0 Å². The van der Waals surface area contributed by atoms with E-state index >= 15 is 0 Å². The Morgan fingerprint density at radius 2 is 2.43 bits per heavy atom. The average Bonchev–Trinajstić information content (AvgIpc) is 2.18. The van der Waals surface area contributed by atoms with Gasteiger partial charge in [-0.15, -0.1) is 11.6 Å². The summed E-state index contributed by atoms with van der Waals surface area (Å²) in [5.41, 5.74) is 0. The largest absolute Gasteiger partial charge is 0.352 e. The predicted octanol–water partition coefficient (Wildman–Crippen LogP) is 1.22. The van der Waals surface area contributed by atoms with Gasteiger partial charge in [0, 0.05) is 24.9 Å². The number of carbonyl (C=O) groups excluding carboxylic acids is 1. The number of likely N-dealkylation sites (tertiary alicyclic amines) is 1. The molecule has 1 aliphatic rings. The number of rotatable bonds is 4. The quantitative estimate of drug-likeness (QED) is 0.720. The zero-order chi connectivity index (χ0) is 10.4. The van der Waals surface area contributed by atoms with Crippen molar-refractivity contribution in [2.24, 2.45) is 0 Å². The molecule has 1 saturated heterocycles. The first-order chi connectivity index (χ1) is 6.76. The van der Waals surface area contributed by atoms with Crippen molar-refractivity contribution in [3.8, 4) is 0 Å². The van der Waals surface area contributed by atoms with Gasteiger partial charge in [-0.1, -0.05) is 6.92 Å². The molecule has 1 heterocycles. The first kappa shape index (κ1) is 11.8. The Morgan fingerprint density at radius 3 is 3.07 bits per heavy atom. The second-order valence-electron chi connectivity index (χ2n) is 3.74. The van der Waals surface area contributed by atoms with E-state index < -0.39 is 0 Å². The summed E-state index contributed by atoms with van der Waals surface area (Å²) in [4.78, 5) is 13.7. The van der Waals surface area contributed by atoms with E-state index in [0.717, 1.165) is 19.5 Å². The number of halogens is 1. The molecular weight excluding hydrogens is 200 g/mol. The van der Waals surface area contributed by atoms with Crippen molar-refractivity contribution in [1.82, 2.24) is 10.2 Å². The number of amides is 1. The molecule has 3 nitrogen and oxygen atoms in total. The topological polar surface area (TPSA) is 32.3 Å². The molecule has 82 valence electrons. The van der Waals surface area contributed by atoms with E-state index in [9.17, 15) is 4.79 Å². The fraction of sp³-hybridized carbons (Fsp3) is 0.900. The smallest absolute Gasteiger partial charge is 0.221 e. The van der Waals surface area contributed by atoms with Crippen LogP contribution < -0.4 is 5.32 Å². The van der Waals surface area contributed by atoms with E-state index in [1.165, 1.54) is 13.0 Å². The molecule has 0 aliphatic carbocycles. The molecule has 1 rings (SSSR count). The maximum Gasteiger partial charge on any atom is 0.221 e. The highest BCUT2D eigenvalue weighted by Crippen LogP contribution is 2.09. The van der Waals surface area contributed by atoms with Crippen LogP contribution in [0.2, 0.25) is 0 Å². The standard InChI is InChI=1S/C10H19ClN2O/c1-2-13-7-3-4-9(8-13)12-10(14)5-6-11/h9H,2-8H2,1H3,(H,12,14). The van der Waals surface area contributed by atoms with Crippen molar-refractivity contribution >= 4 is 17.5 Å². The SMILES string of the molecule is CCN1CCCC(NC(=O)CCCl)C1. The van der Waals surface area contributed by atoms with Gasteiger partial charge in [0.25, 0.3) is 0 Å². The van der Waals surface area contributed by atoms with Crippen LogP contribution in [0.4, 0.5) is 0 Å². The van der Waals surface area contributed by atoms with Gasteiger partial charge in [0.1, 0.15) is 0 Å². The number of carbonyl (C=O) groups is 1. The molecule has 4 heteroatoms. The first-order valence-electron chi connectivity index (χ1n) is 5.34. The third-order valence-corrected chi connectivity index (χ3v) is 2.83. The van der Waals surface area contributed by atoms with Crippen molar-refractivity contribution in [3.05, 3.63) is 0 Å². The van der Waals surface area contributed by atoms with E-state index in [0.29, 0.717) is 18.3 Å². The molecule has 0 aromatic carbocycles. The van der Waals surface area contributed by atoms with Crippen molar-refractivity contribution < 1.29 is 4.79 Å². The molecule has 0 bridgehead atoms. The molecule has 0 aromatic heterocycles. The molecule has 14 heavy (non-hydrogen) atoms. The van der Waals surface area contributed by atoms with Gasteiger partial charge in [-0.2, -0.15) is 0 Å². The van der Waals surface area contributed by atoms with Gasteiger partial charge in [-0.25, -0.2) is 0 Å². The zero-order valence-corrected chi connectivity index (χ0v) is 9.52. The van der Waals surface area contributed by atoms with Gasteiger partial charge in [0.15, 0.2) is 0 Å². The minimum atomic E-state index is 0.0861. The van der Waals surface area contributed by atoms with Crippen LogP contribution in [0.15, 0.2) is 0 Å². The maximum absolute atomic E-state index is 11.3. The second-order valence-corrected chi connectivity index (χ2v) is 4.12. The minimum absolute atomic E-state index is 0.0861. The Labute approximate surface area is 90.8 Å². The summed E-state index contributed by atoms with van der Waals surface area (Å²) in [6, 6.07) is 0.333. The normalized spacial score (nSPS) is 23.4. The van der Waals surface area contributed by atoms with Crippen LogP contribution in [-0.4, -0.2) is 42.4 Å². The minimum Gasteiger partial charge on any atom is -0.352 e. The van der Waals surface area contributed by atoms with Gasteiger partial charge < -0.3 is 10.2 Å². The fourth-order valence-corrected chi connectivity index (χ4v) is 2.02. The molecule has 1 N–H and O–H groups in total. The van der Waals surface area contributed by atoms with Gasteiger partial charge in [-0.3, -0.25) is 4.79 Å². The van der Waals surface area contributed by atoms with Crippen LogP contribution in [0.1, 0.15) is 26.2 Å². The van der Waals surface area contributed by atoms with Crippen LogP contribution in [-0.2, 0) is 4.79 Å². The molecule has 0 radical (unpaired) electrons.